The molecular formula is C19H13FN4O3S. The second kappa shape index (κ2) is 6.93. The average Bonchev–Trinajstić information content (AvgIpc) is 3.29. The molecule has 0 unspecified atom stereocenters. The summed E-state index contributed by atoms with van der Waals surface area (Å²) in [4.78, 5) is 32.8. The van der Waals surface area contributed by atoms with E-state index in [4.69, 9.17) is 4.52 Å². The van der Waals surface area contributed by atoms with E-state index < -0.39 is 5.91 Å². The van der Waals surface area contributed by atoms with Gasteiger partial charge in [0.1, 0.15) is 11.5 Å². The predicted molar refractivity (Wildman–Crippen MR) is 102 cm³/mol. The molecule has 1 aromatic carbocycles. The van der Waals surface area contributed by atoms with E-state index in [2.05, 4.69) is 20.4 Å². The number of Topliss-reactive ketones (excluding diaryl/α,β-unsaturated/α-hetero) is 1. The molecule has 1 amide bonds. The third-order valence-corrected chi connectivity index (χ3v) is 4.84. The summed E-state index contributed by atoms with van der Waals surface area (Å²) in [5.74, 6) is -0.994. The van der Waals surface area contributed by atoms with Crippen molar-refractivity contribution in [2.45, 2.75) is 13.8 Å². The van der Waals surface area contributed by atoms with E-state index >= 15 is 0 Å². The van der Waals surface area contributed by atoms with Crippen LogP contribution in [-0.2, 0) is 0 Å². The molecule has 7 nitrogen and oxygen atoms in total. The summed E-state index contributed by atoms with van der Waals surface area (Å²) in [7, 11) is 0. The molecule has 1 N–H and O–H groups in total. The van der Waals surface area contributed by atoms with Crippen molar-refractivity contribution < 1.29 is 18.5 Å². The number of nitrogens with zero attached hydrogens (tertiary/aromatic N) is 3. The van der Waals surface area contributed by atoms with Gasteiger partial charge in [-0.15, -0.1) is 11.3 Å². The Hall–Kier alpha value is -3.46. The van der Waals surface area contributed by atoms with E-state index in [1.165, 1.54) is 19.1 Å². The first-order valence-electron chi connectivity index (χ1n) is 8.23. The molecule has 0 aliphatic carbocycles. The Bertz CT molecular complexity index is 1210. The van der Waals surface area contributed by atoms with E-state index in [1.807, 2.05) is 0 Å². The van der Waals surface area contributed by atoms with Crippen LogP contribution in [0.5, 0.6) is 0 Å². The number of thiazole rings is 1. The molecule has 4 aromatic rings. The molecule has 0 saturated heterocycles. The Labute approximate surface area is 162 Å². The average molecular weight is 396 g/mol. The Kier molecular flexibility index (Phi) is 4.44. The van der Waals surface area contributed by atoms with Gasteiger partial charge in [-0.05, 0) is 37.3 Å². The van der Waals surface area contributed by atoms with E-state index in [9.17, 15) is 14.0 Å². The van der Waals surface area contributed by atoms with Crippen molar-refractivity contribution >= 4 is 39.3 Å². The first-order valence-corrected chi connectivity index (χ1v) is 9.11. The molecule has 0 saturated carbocycles. The normalized spacial score (nSPS) is 11.0. The summed E-state index contributed by atoms with van der Waals surface area (Å²) in [6, 6.07) is 7.34. The monoisotopic (exact) mass is 396 g/mol. The number of halogens is 1. The maximum absolute atomic E-state index is 13.2. The number of aromatic nitrogens is 3. The second-order valence-electron chi connectivity index (χ2n) is 6.06. The number of nitrogens with one attached hydrogen (secondary N) is 1. The highest BCUT2D eigenvalue weighted by Gasteiger charge is 2.20. The zero-order valence-electron chi connectivity index (χ0n) is 14.8. The van der Waals surface area contributed by atoms with E-state index in [-0.39, 0.29) is 23.0 Å². The number of amides is 1. The number of ketones is 1. The van der Waals surface area contributed by atoms with Gasteiger partial charge >= 0.3 is 0 Å². The fourth-order valence-electron chi connectivity index (χ4n) is 2.70. The van der Waals surface area contributed by atoms with Gasteiger partial charge < -0.3 is 4.52 Å². The standard InChI is InChI=1S/C19H13FN4O3S/c1-9-16-13(17(26)23-19-22-15(8-28-19)10(2)25)7-14(21-18(16)27-24-9)11-3-5-12(20)6-4-11/h3-8H,1-2H3,(H,22,23,26). The molecule has 3 aromatic heterocycles. The lowest BCUT2D eigenvalue weighted by Gasteiger charge is -2.07. The van der Waals surface area contributed by atoms with E-state index in [0.29, 0.717) is 33.0 Å². The summed E-state index contributed by atoms with van der Waals surface area (Å²) >= 11 is 1.15. The van der Waals surface area contributed by atoms with Gasteiger partial charge in [0.2, 0.25) is 0 Å². The van der Waals surface area contributed by atoms with Crippen LogP contribution in [0.4, 0.5) is 9.52 Å². The lowest BCUT2D eigenvalue weighted by atomic mass is 10.1. The molecule has 0 radical (unpaired) electrons. The zero-order valence-corrected chi connectivity index (χ0v) is 15.6. The molecule has 0 spiro atoms. The number of benzene rings is 1. The summed E-state index contributed by atoms with van der Waals surface area (Å²) < 4.78 is 18.5. The van der Waals surface area contributed by atoms with Crippen LogP contribution < -0.4 is 5.32 Å². The van der Waals surface area contributed by atoms with Gasteiger partial charge in [-0.3, -0.25) is 14.9 Å². The minimum absolute atomic E-state index is 0.184. The Balaban J connectivity index is 1.77. The lowest BCUT2D eigenvalue weighted by Crippen LogP contribution is -2.13. The maximum Gasteiger partial charge on any atom is 0.259 e. The van der Waals surface area contributed by atoms with Crippen LogP contribution in [-0.4, -0.2) is 26.8 Å². The van der Waals surface area contributed by atoms with E-state index in [0.717, 1.165) is 11.3 Å². The van der Waals surface area contributed by atoms with Crippen molar-refractivity contribution in [3.8, 4) is 11.3 Å². The first-order chi connectivity index (χ1) is 13.4. The summed E-state index contributed by atoms with van der Waals surface area (Å²) in [5.41, 5.74) is 2.36. The van der Waals surface area contributed by atoms with Crippen LogP contribution in [0.1, 0.15) is 33.5 Å². The number of anilines is 1. The molecule has 9 heteroatoms. The van der Waals surface area contributed by atoms with Crippen molar-refractivity contribution in [2.75, 3.05) is 5.32 Å². The Morgan fingerprint density at radius 3 is 2.61 bits per heavy atom. The third kappa shape index (κ3) is 3.27. The number of pyridine rings is 1. The van der Waals surface area contributed by atoms with Gasteiger partial charge in [-0.25, -0.2) is 14.4 Å². The SMILES string of the molecule is CC(=O)c1csc(NC(=O)c2cc(-c3ccc(F)cc3)nc3onc(C)c23)n1. The van der Waals surface area contributed by atoms with Crippen LogP contribution in [0.25, 0.3) is 22.4 Å². The smallest absolute Gasteiger partial charge is 0.259 e. The van der Waals surface area contributed by atoms with Crippen molar-refractivity contribution in [2.24, 2.45) is 0 Å². The molecule has 0 aliphatic heterocycles. The molecule has 0 atom stereocenters. The van der Waals surface area contributed by atoms with Gasteiger partial charge in [0.15, 0.2) is 10.9 Å². The van der Waals surface area contributed by atoms with Gasteiger partial charge in [-0.1, -0.05) is 5.16 Å². The zero-order chi connectivity index (χ0) is 19.8. The fourth-order valence-corrected chi connectivity index (χ4v) is 3.44. The van der Waals surface area contributed by atoms with E-state index in [1.54, 1.807) is 30.5 Å². The fraction of sp³-hybridized carbons (Fsp3) is 0.105. The molecule has 3 heterocycles. The molecule has 140 valence electrons. The molecule has 4 rings (SSSR count). The highest BCUT2D eigenvalue weighted by atomic mass is 32.1. The van der Waals surface area contributed by atoms with Crippen molar-refractivity contribution in [1.29, 1.82) is 0 Å². The highest BCUT2D eigenvalue weighted by molar-refractivity contribution is 7.14. The van der Waals surface area contributed by atoms with Crippen molar-refractivity contribution in [3.63, 3.8) is 0 Å². The number of aryl methyl sites for hydroxylation is 1. The highest BCUT2D eigenvalue weighted by Crippen LogP contribution is 2.28. The summed E-state index contributed by atoms with van der Waals surface area (Å²) in [6.07, 6.45) is 0. The number of hydrogen-bond donors (Lipinski definition) is 1. The quantitative estimate of drug-likeness (QED) is 0.518. The van der Waals surface area contributed by atoms with Crippen LogP contribution in [0.2, 0.25) is 0 Å². The number of carbonyl (C=O) groups excluding carboxylic acids is 2. The minimum Gasteiger partial charge on any atom is -0.335 e. The van der Waals surface area contributed by atoms with Crippen LogP contribution in [0, 0.1) is 12.7 Å². The van der Waals surface area contributed by atoms with Crippen molar-refractivity contribution in [1.82, 2.24) is 15.1 Å². The lowest BCUT2D eigenvalue weighted by molar-refractivity contribution is 0.100. The largest absolute Gasteiger partial charge is 0.335 e. The third-order valence-electron chi connectivity index (χ3n) is 4.09. The molecule has 28 heavy (non-hydrogen) atoms. The molecular weight excluding hydrogens is 383 g/mol. The molecule has 0 fully saturated rings. The second-order valence-corrected chi connectivity index (χ2v) is 6.92. The Morgan fingerprint density at radius 2 is 1.93 bits per heavy atom. The Morgan fingerprint density at radius 1 is 1.18 bits per heavy atom. The topological polar surface area (TPSA) is 98.0 Å². The number of rotatable bonds is 4. The predicted octanol–water partition coefficient (Wildman–Crippen LogP) is 4.25. The maximum atomic E-state index is 13.2. The molecule has 0 bridgehead atoms. The van der Waals surface area contributed by atoms with Gasteiger partial charge in [0.25, 0.3) is 11.6 Å². The first kappa shape index (κ1) is 17.9. The number of fused-ring (bicyclic) bond motifs is 1. The summed E-state index contributed by atoms with van der Waals surface area (Å²) in [6.45, 7) is 3.11. The minimum atomic E-state index is -0.438. The molecule has 0 aliphatic rings. The summed E-state index contributed by atoms with van der Waals surface area (Å²) in [5, 5.41) is 8.94. The van der Waals surface area contributed by atoms with Crippen molar-refractivity contribution in [3.05, 3.63) is 58.5 Å². The van der Waals surface area contributed by atoms with Crippen LogP contribution >= 0.6 is 11.3 Å². The number of carbonyl (C=O) groups is 2. The van der Waals surface area contributed by atoms with Crippen LogP contribution in [0.3, 0.4) is 0 Å². The number of hydrogen-bond acceptors (Lipinski definition) is 7. The van der Waals surface area contributed by atoms with Crippen LogP contribution in [0.15, 0.2) is 40.2 Å². The van der Waals surface area contributed by atoms with Gasteiger partial charge in [-0.2, -0.15) is 0 Å². The van der Waals surface area contributed by atoms with Gasteiger partial charge in [0, 0.05) is 17.9 Å². The van der Waals surface area contributed by atoms with Gasteiger partial charge in [0.05, 0.1) is 22.3 Å².